The third-order valence-electron chi connectivity index (χ3n) is 3.84. The Bertz CT molecular complexity index is 895. The second kappa shape index (κ2) is 8.75. The lowest BCUT2D eigenvalue weighted by atomic mass is 10.1. The largest absolute Gasteiger partial charge is 0.351 e. The average Bonchev–Trinajstić information content (AvgIpc) is 2.63. The maximum absolute atomic E-state index is 12.2. The molecule has 1 amide bonds. The second-order valence-electron chi connectivity index (χ2n) is 5.57. The quantitative estimate of drug-likeness (QED) is 0.488. The molecule has 0 fully saturated rings. The fourth-order valence-electron chi connectivity index (χ4n) is 2.60. The van der Waals surface area contributed by atoms with Crippen molar-refractivity contribution in [3.8, 4) is 0 Å². The molecule has 0 radical (unpaired) electrons. The van der Waals surface area contributed by atoms with Crippen molar-refractivity contribution in [3.63, 3.8) is 0 Å². The highest BCUT2D eigenvalue weighted by molar-refractivity contribution is 9.10. The van der Waals surface area contributed by atoms with Crippen molar-refractivity contribution in [2.75, 3.05) is 12.3 Å². The van der Waals surface area contributed by atoms with Crippen LogP contribution >= 0.6 is 39.3 Å². The third-order valence-corrected chi connectivity index (χ3v) is 5.67. The minimum absolute atomic E-state index is 0.142. The van der Waals surface area contributed by atoms with Crippen LogP contribution in [0.25, 0.3) is 10.8 Å². The van der Waals surface area contributed by atoms with E-state index in [-0.39, 0.29) is 5.91 Å². The maximum atomic E-state index is 12.2. The number of fused-ring (bicyclic) bond motifs is 1. The molecular weight excluding hydrogens is 418 g/mol. The summed E-state index contributed by atoms with van der Waals surface area (Å²) in [6, 6.07) is 20.1. The zero-order valence-corrected chi connectivity index (χ0v) is 16.6. The van der Waals surface area contributed by atoms with Crippen molar-refractivity contribution >= 4 is 56.0 Å². The van der Waals surface area contributed by atoms with Crippen LogP contribution in [0.2, 0.25) is 5.02 Å². The number of nitrogens with one attached hydrogen (secondary N) is 1. The molecule has 0 saturated carbocycles. The van der Waals surface area contributed by atoms with Crippen LogP contribution in [-0.4, -0.2) is 18.2 Å². The molecule has 128 valence electrons. The van der Waals surface area contributed by atoms with E-state index in [2.05, 4.69) is 63.7 Å². The molecule has 0 saturated heterocycles. The Labute approximate surface area is 165 Å². The van der Waals surface area contributed by atoms with Gasteiger partial charge in [-0.05, 0) is 34.5 Å². The lowest BCUT2D eigenvalue weighted by Gasteiger charge is -2.08. The van der Waals surface area contributed by atoms with E-state index in [4.69, 9.17) is 11.6 Å². The van der Waals surface area contributed by atoms with Gasteiger partial charge in [0, 0.05) is 22.5 Å². The van der Waals surface area contributed by atoms with Gasteiger partial charge < -0.3 is 5.32 Å². The fourth-order valence-corrected chi connectivity index (χ4v) is 4.03. The van der Waals surface area contributed by atoms with E-state index < -0.39 is 0 Å². The van der Waals surface area contributed by atoms with Crippen LogP contribution in [0, 0.1) is 0 Å². The lowest BCUT2D eigenvalue weighted by molar-refractivity contribution is 0.0956. The molecule has 2 nitrogen and oxygen atoms in total. The number of benzene rings is 3. The Balaban J connectivity index is 1.50. The molecule has 5 heteroatoms. The first-order chi connectivity index (χ1) is 12.1. The number of amides is 1. The number of thioether (sulfide) groups is 1. The molecule has 0 aliphatic heterocycles. The number of carbonyl (C=O) groups excluding carboxylic acids is 1. The number of hydrogen-bond donors (Lipinski definition) is 1. The highest BCUT2D eigenvalue weighted by Crippen LogP contribution is 2.23. The number of rotatable bonds is 6. The minimum Gasteiger partial charge on any atom is -0.351 e. The van der Waals surface area contributed by atoms with Gasteiger partial charge >= 0.3 is 0 Å². The van der Waals surface area contributed by atoms with E-state index in [0.29, 0.717) is 17.1 Å². The van der Waals surface area contributed by atoms with Gasteiger partial charge in [0.15, 0.2) is 0 Å². The van der Waals surface area contributed by atoms with Crippen LogP contribution in [0.1, 0.15) is 15.9 Å². The van der Waals surface area contributed by atoms with Crippen molar-refractivity contribution in [1.82, 2.24) is 5.32 Å². The standard InChI is InChI=1S/C20H17BrClNOS/c21-16-8-9-19(22)18(12-16)20(24)23-10-11-25-13-15-6-3-5-14-4-1-2-7-17(14)15/h1-9,12H,10-11,13H2,(H,23,24). The summed E-state index contributed by atoms with van der Waals surface area (Å²) in [5, 5.41) is 5.94. The highest BCUT2D eigenvalue weighted by Gasteiger charge is 2.10. The molecule has 3 aromatic rings. The van der Waals surface area contributed by atoms with Gasteiger partial charge in [-0.2, -0.15) is 11.8 Å². The second-order valence-corrected chi connectivity index (χ2v) is 8.00. The highest BCUT2D eigenvalue weighted by atomic mass is 79.9. The topological polar surface area (TPSA) is 29.1 Å². The summed E-state index contributed by atoms with van der Waals surface area (Å²) >= 11 is 11.2. The van der Waals surface area contributed by atoms with E-state index in [1.165, 1.54) is 16.3 Å². The van der Waals surface area contributed by atoms with Gasteiger partial charge in [0.1, 0.15) is 0 Å². The predicted molar refractivity (Wildman–Crippen MR) is 112 cm³/mol. The Kier molecular flexibility index (Phi) is 6.40. The summed E-state index contributed by atoms with van der Waals surface area (Å²) in [4.78, 5) is 12.2. The van der Waals surface area contributed by atoms with Crippen molar-refractivity contribution in [3.05, 3.63) is 81.3 Å². The van der Waals surface area contributed by atoms with Crippen molar-refractivity contribution in [1.29, 1.82) is 0 Å². The van der Waals surface area contributed by atoms with Gasteiger partial charge in [0.05, 0.1) is 10.6 Å². The van der Waals surface area contributed by atoms with Crippen molar-refractivity contribution in [2.24, 2.45) is 0 Å². The molecule has 1 N–H and O–H groups in total. The van der Waals surface area contributed by atoms with E-state index in [9.17, 15) is 4.79 Å². The SMILES string of the molecule is O=C(NCCSCc1cccc2ccccc12)c1cc(Br)ccc1Cl. The van der Waals surface area contributed by atoms with E-state index >= 15 is 0 Å². The Morgan fingerprint density at radius 2 is 1.88 bits per heavy atom. The zero-order valence-electron chi connectivity index (χ0n) is 13.5. The summed E-state index contributed by atoms with van der Waals surface area (Å²) in [6.45, 7) is 0.608. The number of hydrogen-bond acceptors (Lipinski definition) is 2. The molecule has 0 aromatic heterocycles. The zero-order chi connectivity index (χ0) is 17.6. The van der Waals surface area contributed by atoms with Gasteiger partial charge in [0.25, 0.3) is 5.91 Å². The fraction of sp³-hybridized carbons (Fsp3) is 0.150. The molecule has 3 rings (SSSR count). The molecule has 0 atom stereocenters. The van der Waals surface area contributed by atoms with Crippen LogP contribution in [0.3, 0.4) is 0 Å². The molecule has 0 spiro atoms. The van der Waals surface area contributed by atoms with E-state index in [1.54, 1.807) is 12.1 Å². The van der Waals surface area contributed by atoms with Crippen molar-refractivity contribution < 1.29 is 4.79 Å². The first-order valence-corrected chi connectivity index (χ1v) is 10.3. The predicted octanol–water partition coefficient (Wildman–Crippen LogP) is 5.92. The summed E-state index contributed by atoms with van der Waals surface area (Å²) in [6.07, 6.45) is 0. The molecule has 0 aliphatic rings. The molecule has 0 heterocycles. The molecular formula is C20H17BrClNOS. The normalized spacial score (nSPS) is 10.8. The Morgan fingerprint density at radius 3 is 2.76 bits per heavy atom. The average molecular weight is 435 g/mol. The maximum Gasteiger partial charge on any atom is 0.252 e. The summed E-state index contributed by atoms with van der Waals surface area (Å²) in [7, 11) is 0. The van der Waals surface area contributed by atoms with Gasteiger partial charge in [0.2, 0.25) is 0 Å². The Morgan fingerprint density at radius 1 is 1.08 bits per heavy atom. The summed E-state index contributed by atoms with van der Waals surface area (Å²) < 4.78 is 0.840. The van der Waals surface area contributed by atoms with Gasteiger partial charge in [-0.3, -0.25) is 4.79 Å². The van der Waals surface area contributed by atoms with Crippen LogP contribution in [0.15, 0.2) is 65.1 Å². The van der Waals surface area contributed by atoms with Crippen LogP contribution < -0.4 is 5.32 Å². The molecule has 25 heavy (non-hydrogen) atoms. The van der Waals surface area contributed by atoms with Gasteiger partial charge in [-0.15, -0.1) is 0 Å². The van der Waals surface area contributed by atoms with Crippen molar-refractivity contribution in [2.45, 2.75) is 5.75 Å². The third kappa shape index (κ3) is 4.78. The summed E-state index contributed by atoms with van der Waals surface area (Å²) in [5.74, 6) is 1.63. The molecule has 3 aromatic carbocycles. The summed E-state index contributed by atoms with van der Waals surface area (Å²) in [5.41, 5.74) is 1.82. The smallest absolute Gasteiger partial charge is 0.252 e. The lowest BCUT2D eigenvalue weighted by Crippen LogP contribution is -2.26. The monoisotopic (exact) mass is 433 g/mol. The van der Waals surface area contributed by atoms with Gasteiger partial charge in [-0.25, -0.2) is 0 Å². The molecule has 0 bridgehead atoms. The first kappa shape index (κ1) is 18.3. The number of halogens is 2. The Hall–Kier alpha value is -1.49. The number of carbonyl (C=O) groups is 1. The van der Waals surface area contributed by atoms with Crippen LogP contribution in [0.5, 0.6) is 0 Å². The van der Waals surface area contributed by atoms with Crippen LogP contribution in [0.4, 0.5) is 0 Å². The van der Waals surface area contributed by atoms with E-state index in [0.717, 1.165) is 16.0 Å². The van der Waals surface area contributed by atoms with E-state index in [1.807, 2.05) is 17.8 Å². The molecule has 0 unspecified atom stereocenters. The minimum atomic E-state index is -0.142. The van der Waals surface area contributed by atoms with Gasteiger partial charge in [-0.1, -0.05) is 70.0 Å². The van der Waals surface area contributed by atoms with Crippen LogP contribution in [-0.2, 0) is 5.75 Å². The first-order valence-electron chi connectivity index (χ1n) is 7.93. The molecule has 0 aliphatic carbocycles.